The van der Waals surface area contributed by atoms with Gasteiger partial charge in [0.25, 0.3) is 0 Å². The number of aliphatic carboxylic acids is 1. The highest BCUT2D eigenvalue weighted by molar-refractivity contribution is 5.89. The topological polar surface area (TPSA) is 192 Å². The zero-order chi connectivity index (χ0) is 29.9. The molecule has 16 heteroatoms. The number of hydrogen-bond acceptors (Lipinski definition) is 10. The van der Waals surface area contributed by atoms with Crippen LogP contribution in [0.4, 0.5) is 29.2 Å². The molecule has 1 saturated carbocycles. The molecule has 218 valence electrons. The lowest BCUT2D eigenvalue weighted by Gasteiger charge is -2.26. The van der Waals surface area contributed by atoms with E-state index in [9.17, 15) is 27.8 Å². The lowest BCUT2D eigenvalue weighted by atomic mass is 9.94. The Morgan fingerprint density at radius 2 is 1.93 bits per heavy atom. The molecular weight excluding hydrogens is 556 g/mol. The van der Waals surface area contributed by atoms with E-state index in [2.05, 4.69) is 15.0 Å². The van der Waals surface area contributed by atoms with Gasteiger partial charge in [-0.15, -0.1) is 0 Å². The van der Waals surface area contributed by atoms with Crippen molar-refractivity contribution in [3.63, 3.8) is 0 Å². The monoisotopic (exact) mass is 580 g/mol. The van der Waals surface area contributed by atoms with Gasteiger partial charge in [-0.05, 0) is 43.5 Å². The van der Waals surface area contributed by atoms with E-state index in [1.54, 1.807) is 29.0 Å². The highest BCUT2D eigenvalue weighted by Crippen LogP contribution is 2.48. The smallest absolute Gasteiger partial charge is 0.488 e. The van der Waals surface area contributed by atoms with Crippen LogP contribution < -0.4 is 16.2 Å². The molecule has 12 nitrogen and oxygen atoms in total. The van der Waals surface area contributed by atoms with Crippen molar-refractivity contribution in [2.45, 2.75) is 56.1 Å². The van der Waals surface area contributed by atoms with Crippen LogP contribution in [0.25, 0.3) is 21.9 Å². The third kappa shape index (κ3) is 4.93. The molecule has 0 unspecified atom stereocenters. The molecular formula is C25H24F4N6O6. The Morgan fingerprint density at radius 3 is 2.61 bits per heavy atom. The number of fused-ring (bicyclic) bond motifs is 3. The van der Waals surface area contributed by atoms with Gasteiger partial charge in [0.1, 0.15) is 47.5 Å². The number of aliphatic hydroxyl groups excluding tert-OH is 1. The number of pyridine rings is 1. The second-order valence-corrected chi connectivity index (χ2v) is 9.77. The summed E-state index contributed by atoms with van der Waals surface area (Å²) in [6, 6.07) is 6.36. The fraction of sp³-hybridized carbons (Fsp3) is 0.360. The Balaban J connectivity index is 0.000000431. The Morgan fingerprint density at radius 1 is 1.22 bits per heavy atom. The van der Waals surface area contributed by atoms with Gasteiger partial charge < -0.3 is 40.8 Å². The van der Waals surface area contributed by atoms with Gasteiger partial charge in [0.15, 0.2) is 17.9 Å². The summed E-state index contributed by atoms with van der Waals surface area (Å²) in [5.41, 5.74) is 11.9. The number of anilines is 2. The molecule has 3 aromatic heterocycles. The summed E-state index contributed by atoms with van der Waals surface area (Å²) in [7, 11) is 0. The van der Waals surface area contributed by atoms with Crippen molar-refractivity contribution in [3.05, 3.63) is 48.2 Å². The minimum absolute atomic E-state index is 0.191. The molecule has 0 bridgehead atoms. The summed E-state index contributed by atoms with van der Waals surface area (Å²) in [5.74, 6) is -2.72. The molecule has 41 heavy (non-hydrogen) atoms. The van der Waals surface area contributed by atoms with Crippen LogP contribution in [-0.2, 0) is 9.53 Å². The van der Waals surface area contributed by atoms with Crippen molar-refractivity contribution in [3.8, 4) is 5.75 Å². The van der Waals surface area contributed by atoms with Crippen molar-refractivity contribution in [2.24, 2.45) is 0 Å². The molecule has 2 fully saturated rings. The molecule has 4 aromatic rings. The predicted octanol–water partition coefficient (Wildman–Crippen LogP) is 2.46. The van der Waals surface area contributed by atoms with Gasteiger partial charge in [0, 0.05) is 17.6 Å². The number of carboxylic acid groups (broad SMARTS) is 1. The molecule has 0 amide bonds. The molecule has 0 radical (unpaired) electrons. The molecule has 7 N–H and O–H groups in total. The van der Waals surface area contributed by atoms with Crippen LogP contribution in [0.3, 0.4) is 0 Å². The number of carboxylic acids is 1. The Hall–Kier alpha value is -4.28. The number of benzene rings is 1. The number of halogens is 4. The van der Waals surface area contributed by atoms with Gasteiger partial charge in [-0.1, -0.05) is 0 Å². The fourth-order valence-electron chi connectivity index (χ4n) is 5.20. The Kier molecular flexibility index (Phi) is 6.87. The van der Waals surface area contributed by atoms with Crippen LogP contribution in [0.2, 0.25) is 0 Å². The highest BCUT2D eigenvalue weighted by atomic mass is 19.4. The van der Waals surface area contributed by atoms with Crippen molar-refractivity contribution in [1.82, 2.24) is 19.5 Å². The first-order valence-electron chi connectivity index (χ1n) is 12.2. The first-order valence-corrected chi connectivity index (χ1v) is 12.2. The number of aliphatic hydroxyl groups is 2. The second-order valence-electron chi connectivity index (χ2n) is 9.77. The quantitative estimate of drug-likeness (QED) is 0.224. The number of nitrogens with two attached hydrogens (primary N) is 2. The van der Waals surface area contributed by atoms with Crippen LogP contribution in [0.15, 0.2) is 36.8 Å². The van der Waals surface area contributed by atoms with E-state index in [1.165, 1.54) is 12.4 Å². The summed E-state index contributed by atoms with van der Waals surface area (Å²) in [6.07, 6.45) is -4.59. The van der Waals surface area contributed by atoms with Crippen LogP contribution in [0.5, 0.6) is 5.75 Å². The van der Waals surface area contributed by atoms with Gasteiger partial charge in [-0.3, -0.25) is 0 Å². The number of alkyl halides is 3. The van der Waals surface area contributed by atoms with Crippen LogP contribution >= 0.6 is 0 Å². The molecule has 1 saturated heterocycles. The zero-order valence-corrected chi connectivity index (χ0v) is 21.2. The van der Waals surface area contributed by atoms with E-state index in [0.29, 0.717) is 46.3 Å². The molecule has 6 rings (SSSR count). The molecule has 5 atom stereocenters. The maximum Gasteiger partial charge on any atom is 0.490 e. The third-order valence-corrected chi connectivity index (χ3v) is 7.13. The van der Waals surface area contributed by atoms with Crippen molar-refractivity contribution < 1.29 is 47.1 Å². The van der Waals surface area contributed by atoms with Crippen molar-refractivity contribution >= 4 is 39.5 Å². The number of carbonyl (C=O) groups is 1. The number of rotatable bonds is 3. The summed E-state index contributed by atoms with van der Waals surface area (Å²) < 4.78 is 59.5. The number of aryl methyl sites for hydroxylation is 1. The lowest BCUT2D eigenvalue weighted by Crippen LogP contribution is -2.47. The minimum Gasteiger partial charge on any atom is -0.488 e. The van der Waals surface area contributed by atoms with Crippen molar-refractivity contribution in [1.29, 1.82) is 0 Å². The Labute approximate surface area is 228 Å². The summed E-state index contributed by atoms with van der Waals surface area (Å²) in [6.45, 7) is 1.87. The van der Waals surface area contributed by atoms with E-state index in [4.69, 9.17) is 30.8 Å². The zero-order valence-electron chi connectivity index (χ0n) is 21.2. The standard InChI is InChI=1S/C23H23FN6O4.C2HF3O2/c1-10-8-30(21-16(10)20(26)27-9-28-21)22-17(31)23(32)5-4-15(18(23)34-22)33-12-3-2-11-6-13(24)19(25)29-14(11)7-12;3-2(4,5)1(6)7/h2-3,6-9,15,17-18,22,31-32H,4-5H2,1H3,(H2,25,29)(H2,26,27,28);(H,6,7)/t15-,17-,18+,22+,23-;/m0./s1. The summed E-state index contributed by atoms with van der Waals surface area (Å²) in [4.78, 5) is 21.3. The predicted molar refractivity (Wildman–Crippen MR) is 135 cm³/mol. The van der Waals surface area contributed by atoms with E-state index < -0.39 is 48.1 Å². The highest BCUT2D eigenvalue weighted by Gasteiger charge is 2.63. The van der Waals surface area contributed by atoms with E-state index in [1.807, 2.05) is 6.92 Å². The van der Waals surface area contributed by atoms with Gasteiger partial charge in [0.2, 0.25) is 0 Å². The molecule has 0 spiro atoms. The number of hydrogen-bond donors (Lipinski definition) is 5. The molecule has 1 aromatic carbocycles. The van der Waals surface area contributed by atoms with Gasteiger partial charge in [0.05, 0.1) is 10.9 Å². The average Bonchev–Trinajstić information content (AvgIpc) is 3.49. The fourth-order valence-corrected chi connectivity index (χ4v) is 5.20. The van der Waals surface area contributed by atoms with Gasteiger partial charge in [-0.25, -0.2) is 24.1 Å². The maximum absolute atomic E-state index is 13.7. The number of nitrogen functional groups attached to an aromatic ring is 2. The molecule has 2 aliphatic rings. The van der Waals surface area contributed by atoms with Crippen LogP contribution in [-0.4, -0.2) is 70.9 Å². The first-order chi connectivity index (χ1) is 19.2. The Bertz CT molecular complexity index is 1650. The van der Waals surface area contributed by atoms with Crippen LogP contribution in [0, 0.1) is 12.7 Å². The third-order valence-electron chi connectivity index (χ3n) is 7.13. The molecule has 4 heterocycles. The normalized spacial score (nSPS) is 25.6. The van der Waals surface area contributed by atoms with Gasteiger partial charge in [-0.2, -0.15) is 13.2 Å². The average molecular weight is 580 g/mol. The second kappa shape index (κ2) is 9.97. The summed E-state index contributed by atoms with van der Waals surface area (Å²) >= 11 is 0. The van der Waals surface area contributed by atoms with E-state index >= 15 is 0 Å². The summed E-state index contributed by atoms with van der Waals surface area (Å²) in [5, 5.41) is 30.9. The largest absolute Gasteiger partial charge is 0.490 e. The van der Waals surface area contributed by atoms with Gasteiger partial charge >= 0.3 is 12.1 Å². The van der Waals surface area contributed by atoms with E-state index in [0.717, 1.165) is 5.56 Å². The number of aromatic nitrogens is 4. The lowest BCUT2D eigenvalue weighted by molar-refractivity contribution is -0.192. The van der Waals surface area contributed by atoms with Crippen LogP contribution in [0.1, 0.15) is 24.6 Å². The minimum atomic E-state index is -5.08. The SMILES string of the molecule is Cc1cn([C@@H]2O[C@@H]3[C@@H](Oc4ccc5cc(F)c(N)nc5c4)CC[C@]3(O)[C@H]2O)c2ncnc(N)c12.O=C(O)C(F)(F)F. The molecule has 1 aliphatic carbocycles. The first kappa shape index (κ1) is 28.3. The number of nitrogens with zero attached hydrogens (tertiary/aromatic N) is 4. The molecule has 1 aliphatic heterocycles. The number of ether oxygens (including phenoxy) is 2. The maximum atomic E-state index is 13.7. The van der Waals surface area contributed by atoms with Crippen molar-refractivity contribution in [2.75, 3.05) is 11.5 Å². The van der Waals surface area contributed by atoms with E-state index in [-0.39, 0.29) is 5.82 Å².